The summed E-state index contributed by atoms with van der Waals surface area (Å²) in [5.41, 5.74) is 9.92. The number of amides is 2. The molecule has 0 saturated carbocycles. The van der Waals surface area contributed by atoms with Crippen LogP contribution < -0.4 is 11.1 Å². The first-order valence-electron chi connectivity index (χ1n) is 7.97. The smallest absolute Gasteiger partial charge is 0.230 e. The molecular weight excluding hydrogens is 320 g/mol. The van der Waals surface area contributed by atoms with E-state index < -0.39 is 5.91 Å². The highest BCUT2D eigenvalue weighted by Gasteiger charge is 2.24. The lowest BCUT2D eigenvalue weighted by Crippen LogP contribution is -2.29. The second kappa shape index (κ2) is 7.53. The molecule has 0 fully saturated rings. The highest BCUT2D eigenvalue weighted by molar-refractivity contribution is 8.00. The predicted octanol–water partition coefficient (Wildman–Crippen LogP) is 2.68. The largest absolute Gasteiger partial charge is 0.369 e. The van der Waals surface area contributed by atoms with Crippen LogP contribution in [0.25, 0.3) is 11.1 Å². The molecule has 0 aliphatic heterocycles. The fraction of sp³-hybridized carbons (Fsp3) is 0.263. The average molecular weight is 340 g/mol. The van der Waals surface area contributed by atoms with Crippen LogP contribution in [0.1, 0.15) is 23.6 Å². The van der Waals surface area contributed by atoms with Gasteiger partial charge in [-0.1, -0.05) is 42.5 Å². The molecule has 0 aromatic heterocycles. The molecule has 0 unspecified atom stereocenters. The molecule has 1 aliphatic carbocycles. The van der Waals surface area contributed by atoms with Gasteiger partial charge in [-0.15, -0.1) is 11.8 Å². The van der Waals surface area contributed by atoms with E-state index in [0.29, 0.717) is 0 Å². The van der Waals surface area contributed by atoms with Crippen molar-refractivity contribution in [2.24, 2.45) is 5.73 Å². The lowest BCUT2D eigenvalue weighted by molar-refractivity contribution is -0.119. The van der Waals surface area contributed by atoms with Gasteiger partial charge >= 0.3 is 0 Å². The molecule has 2 aromatic rings. The third kappa shape index (κ3) is 3.97. The van der Waals surface area contributed by atoms with Crippen molar-refractivity contribution in [1.29, 1.82) is 0 Å². The zero-order valence-electron chi connectivity index (χ0n) is 13.3. The second-order valence-electron chi connectivity index (χ2n) is 5.90. The average Bonchev–Trinajstić information content (AvgIpc) is 2.97. The first-order chi connectivity index (χ1) is 11.6. The van der Waals surface area contributed by atoms with Crippen molar-refractivity contribution < 1.29 is 9.59 Å². The number of fused-ring (bicyclic) bond motifs is 1. The van der Waals surface area contributed by atoms with Crippen LogP contribution in [0.4, 0.5) is 0 Å². The van der Waals surface area contributed by atoms with Gasteiger partial charge in [-0.2, -0.15) is 0 Å². The van der Waals surface area contributed by atoms with E-state index in [9.17, 15) is 9.59 Å². The van der Waals surface area contributed by atoms with Crippen molar-refractivity contribution in [1.82, 2.24) is 5.32 Å². The first-order valence-corrected chi connectivity index (χ1v) is 9.12. The molecule has 1 atom stereocenters. The summed E-state index contributed by atoms with van der Waals surface area (Å²) in [7, 11) is 0. The van der Waals surface area contributed by atoms with Crippen LogP contribution in [-0.4, -0.2) is 23.3 Å². The number of aryl methyl sites for hydroxylation is 1. The minimum atomic E-state index is -0.397. The number of primary amides is 1. The van der Waals surface area contributed by atoms with Crippen molar-refractivity contribution >= 4 is 23.6 Å². The molecule has 1 aliphatic rings. The van der Waals surface area contributed by atoms with Gasteiger partial charge < -0.3 is 11.1 Å². The normalized spacial score (nSPS) is 15.8. The van der Waals surface area contributed by atoms with Crippen molar-refractivity contribution in [3.8, 4) is 11.1 Å². The number of nitrogens with two attached hydrogens (primary N) is 1. The fourth-order valence-corrected chi connectivity index (χ4v) is 3.61. The van der Waals surface area contributed by atoms with E-state index in [1.165, 1.54) is 34.0 Å². The summed E-state index contributed by atoms with van der Waals surface area (Å²) >= 11 is 1.25. The van der Waals surface area contributed by atoms with E-state index in [-0.39, 0.29) is 23.5 Å². The Morgan fingerprint density at radius 3 is 2.62 bits per heavy atom. The lowest BCUT2D eigenvalue weighted by Gasteiger charge is -2.15. The topological polar surface area (TPSA) is 72.2 Å². The first kappa shape index (κ1) is 16.6. The predicted molar refractivity (Wildman–Crippen MR) is 97.6 cm³/mol. The molecule has 2 amide bonds. The number of hydrogen-bond acceptors (Lipinski definition) is 3. The van der Waals surface area contributed by atoms with Gasteiger partial charge in [0.05, 0.1) is 17.5 Å². The van der Waals surface area contributed by atoms with Gasteiger partial charge in [-0.05, 0) is 41.2 Å². The lowest BCUT2D eigenvalue weighted by atomic mass is 9.99. The van der Waals surface area contributed by atoms with Gasteiger partial charge in [0.25, 0.3) is 0 Å². The summed E-state index contributed by atoms with van der Waals surface area (Å²) in [6, 6.07) is 16.8. The van der Waals surface area contributed by atoms with Gasteiger partial charge in [0.15, 0.2) is 0 Å². The van der Waals surface area contributed by atoms with E-state index in [0.717, 1.165) is 12.8 Å². The van der Waals surface area contributed by atoms with E-state index in [2.05, 4.69) is 35.6 Å². The van der Waals surface area contributed by atoms with Gasteiger partial charge in [-0.25, -0.2) is 0 Å². The van der Waals surface area contributed by atoms with Crippen molar-refractivity contribution in [3.63, 3.8) is 0 Å². The van der Waals surface area contributed by atoms with E-state index in [4.69, 9.17) is 5.73 Å². The molecule has 3 N–H and O–H groups in total. The fourth-order valence-electron chi connectivity index (χ4n) is 3.04. The number of thioether (sulfide) groups is 1. The molecule has 24 heavy (non-hydrogen) atoms. The molecule has 0 saturated heterocycles. The molecule has 0 bridgehead atoms. The molecular formula is C19H20N2O2S. The minimum Gasteiger partial charge on any atom is -0.369 e. The Hall–Kier alpha value is -2.27. The maximum atomic E-state index is 12.1. The number of carbonyl (C=O) groups is 2. The molecule has 124 valence electrons. The van der Waals surface area contributed by atoms with Gasteiger partial charge in [0.2, 0.25) is 11.8 Å². The van der Waals surface area contributed by atoms with E-state index >= 15 is 0 Å². The maximum absolute atomic E-state index is 12.1. The maximum Gasteiger partial charge on any atom is 0.230 e. The van der Waals surface area contributed by atoms with E-state index in [1.807, 2.05) is 18.2 Å². The Bertz CT molecular complexity index is 746. The highest BCUT2D eigenvalue weighted by Crippen LogP contribution is 2.34. The molecule has 3 rings (SSSR count). The van der Waals surface area contributed by atoms with Crippen LogP contribution in [0.5, 0.6) is 0 Å². The van der Waals surface area contributed by atoms with Crippen molar-refractivity contribution in [2.75, 3.05) is 11.5 Å². The van der Waals surface area contributed by atoms with Crippen LogP contribution in [0, 0.1) is 0 Å². The molecule has 4 nitrogen and oxygen atoms in total. The quantitative estimate of drug-likeness (QED) is 0.849. The third-order valence-corrected chi connectivity index (χ3v) is 5.10. The number of carbonyl (C=O) groups excluding carboxylic acids is 2. The summed E-state index contributed by atoms with van der Waals surface area (Å²) in [6.07, 6.45) is 1.89. The van der Waals surface area contributed by atoms with Crippen LogP contribution in [0.2, 0.25) is 0 Å². The van der Waals surface area contributed by atoms with E-state index in [1.54, 1.807) is 0 Å². The molecule has 5 heteroatoms. The summed E-state index contributed by atoms with van der Waals surface area (Å²) < 4.78 is 0. The van der Waals surface area contributed by atoms with Gasteiger partial charge in [-0.3, -0.25) is 9.59 Å². The second-order valence-corrected chi connectivity index (χ2v) is 6.88. The summed E-state index contributed by atoms with van der Waals surface area (Å²) in [6.45, 7) is 0. The zero-order chi connectivity index (χ0) is 16.9. The summed E-state index contributed by atoms with van der Waals surface area (Å²) in [4.78, 5) is 22.8. The number of hydrogen-bond donors (Lipinski definition) is 2. The van der Waals surface area contributed by atoms with Gasteiger partial charge in [0.1, 0.15) is 0 Å². The van der Waals surface area contributed by atoms with Crippen LogP contribution in [0.3, 0.4) is 0 Å². The minimum absolute atomic E-state index is 0.0466. The molecule has 2 aromatic carbocycles. The summed E-state index contributed by atoms with van der Waals surface area (Å²) in [5, 5.41) is 3.08. The number of nitrogens with one attached hydrogen (secondary N) is 1. The highest BCUT2D eigenvalue weighted by atomic mass is 32.2. The SMILES string of the molecule is NC(=O)CSCC(=O)N[C@@H]1CCc2ccc(-c3ccccc3)cc21. The van der Waals surface area contributed by atoms with Crippen LogP contribution in [0.15, 0.2) is 48.5 Å². The Labute approximate surface area is 145 Å². The Balaban J connectivity index is 1.69. The third-order valence-electron chi connectivity index (χ3n) is 4.14. The Kier molecular flexibility index (Phi) is 5.20. The standard InChI is InChI=1S/C19H20N2O2S/c20-18(22)11-24-12-19(23)21-17-9-8-14-6-7-15(10-16(14)17)13-4-2-1-3-5-13/h1-7,10,17H,8-9,11-12H2,(H2,20,22)(H,21,23)/t17-/m1/s1. The monoisotopic (exact) mass is 340 g/mol. The van der Waals surface area contributed by atoms with Crippen molar-refractivity contribution in [3.05, 3.63) is 59.7 Å². The molecule has 0 heterocycles. The number of rotatable bonds is 6. The Morgan fingerprint density at radius 1 is 1.08 bits per heavy atom. The van der Waals surface area contributed by atoms with Crippen LogP contribution >= 0.6 is 11.8 Å². The number of benzene rings is 2. The zero-order valence-corrected chi connectivity index (χ0v) is 14.1. The summed E-state index contributed by atoms with van der Waals surface area (Å²) in [5.74, 6) is -0.0179. The molecule has 0 radical (unpaired) electrons. The van der Waals surface area contributed by atoms with Crippen molar-refractivity contribution in [2.45, 2.75) is 18.9 Å². The Morgan fingerprint density at radius 2 is 1.88 bits per heavy atom. The van der Waals surface area contributed by atoms with Crippen LogP contribution in [-0.2, 0) is 16.0 Å². The van der Waals surface area contributed by atoms with Gasteiger partial charge in [0, 0.05) is 0 Å². The molecule has 0 spiro atoms.